The molecule has 1 aliphatic heterocycles. The van der Waals surface area contributed by atoms with E-state index in [1.54, 1.807) is 35.1 Å². The highest BCUT2D eigenvalue weighted by Crippen LogP contribution is 2.42. The van der Waals surface area contributed by atoms with E-state index in [1.165, 1.54) is 0 Å². The molecule has 2 aliphatic rings. The summed E-state index contributed by atoms with van der Waals surface area (Å²) in [5, 5.41) is 13.5. The number of hydrogen-bond acceptors (Lipinski definition) is 5. The van der Waals surface area contributed by atoms with Gasteiger partial charge in [0, 0.05) is 29.3 Å². The minimum absolute atomic E-state index is 0.00726. The number of anilines is 2. The Morgan fingerprint density at radius 1 is 1.33 bits per heavy atom. The first-order valence-corrected chi connectivity index (χ1v) is 11.0. The van der Waals surface area contributed by atoms with E-state index in [9.17, 15) is 9.18 Å². The normalized spacial score (nSPS) is 22.2. The fraction of sp³-hybridized carbons (Fsp3) is 0.318. The molecule has 33 heavy (non-hydrogen) atoms. The highest BCUT2D eigenvalue weighted by molar-refractivity contribution is 6.36. The van der Waals surface area contributed by atoms with Crippen molar-refractivity contribution >= 4 is 45.6 Å². The Morgan fingerprint density at radius 2 is 2.18 bits per heavy atom. The summed E-state index contributed by atoms with van der Waals surface area (Å²) in [5.41, 5.74) is 2.50. The molecular weight excluding hydrogens is 454 g/mol. The zero-order chi connectivity index (χ0) is 22.7. The molecule has 11 heteroatoms. The quantitative estimate of drug-likeness (QED) is 0.405. The van der Waals surface area contributed by atoms with Crippen molar-refractivity contribution in [3.8, 4) is 11.1 Å². The maximum atomic E-state index is 15.4. The van der Waals surface area contributed by atoms with Gasteiger partial charge in [-0.2, -0.15) is 5.10 Å². The fourth-order valence-corrected chi connectivity index (χ4v) is 4.54. The number of nitrogens with one attached hydrogen (secondary N) is 3. The first-order chi connectivity index (χ1) is 16.0. The second kappa shape index (κ2) is 7.67. The SMILES string of the molecule is O=C(Nc1cn2cc(-c3c(Cl)c(F)c(NC4CCOC4)c4[nH]ncc34)ccc2n1)[C@@H]1C[C@@H]1F. The number of hydrogen-bond donors (Lipinski definition) is 3. The molecule has 170 valence electrons. The summed E-state index contributed by atoms with van der Waals surface area (Å²) in [5.74, 6) is -1.24. The maximum Gasteiger partial charge on any atom is 0.231 e. The minimum Gasteiger partial charge on any atom is -0.379 e. The van der Waals surface area contributed by atoms with Gasteiger partial charge in [-0.05, 0) is 25.0 Å². The molecule has 1 unspecified atom stereocenters. The Hall–Kier alpha value is -3.24. The van der Waals surface area contributed by atoms with E-state index in [-0.39, 0.29) is 29.1 Å². The van der Waals surface area contributed by atoms with Crippen molar-refractivity contribution < 1.29 is 18.3 Å². The number of nitrogens with zero attached hydrogens (tertiary/aromatic N) is 3. The average Bonchev–Trinajstić information content (AvgIpc) is 3.22. The molecule has 3 N–H and O–H groups in total. The molecular formula is C22H19ClF2N6O2. The highest BCUT2D eigenvalue weighted by Gasteiger charge is 2.43. The summed E-state index contributed by atoms with van der Waals surface area (Å²) in [6.07, 6.45) is 4.92. The van der Waals surface area contributed by atoms with Gasteiger partial charge in [0.2, 0.25) is 5.91 Å². The molecule has 1 saturated heterocycles. The lowest BCUT2D eigenvalue weighted by molar-refractivity contribution is -0.117. The van der Waals surface area contributed by atoms with Crippen LogP contribution in [0.1, 0.15) is 12.8 Å². The van der Waals surface area contributed by atoms with Crippen molar-refractivity contribution in [2.24, 2.45) is 5.92 Å². The second-order valence-electron chi connectivity index (χ2n) is 8.40. The number of aromatic nitrogens is 4. The van der Waals surface area contributed by atoms with Crippen LogP contribution in [0.4, 0.5) is 20.3 Å². The van der Waals surface area contributed by atoms with Gasteiger partial charge >= 0.3 is 0 Å². The number of halogens is 3. The molecule has 3 aromatic heterocycles. The lowest BCUT2D eigenvalue weighted by Crippen LogP contribution is -2.20. The van der Waals surface area contributed by atoms with Gasteiger partial charge in [-0.3, -0.25) is 9.89 Å². The van der Waals surface area contributed by atoms with Crippen molar-refractivity contribution in [1.82, 2.24) is 19.6 Å². The number of carbonyl (C=O) groups is 1. The second-order valence-corrected chi connectivity index (χ2v) is 8.78. The van der Waals surface area contributed by atoms with Gasteiger partial charge in [0.25, 0.3) is 0 Å². The summed E-state index contributed by atoms with van der Waals surface area (Å²) in [7, 11) is 0. The van der Waals surface area contributed by atoms with Gasteiger partial charge in [-0.25, -0.2) is 13.8 Å². The van der Waals surface area contributed by atoms with E-state index in [0.29, 0.717) is 46.7 Å². The van der Waals surface area contributed by atoms with E-state index >= 15 is 4.39 Å². The summed E-state index contributed by atoms with van der Waals surface area (Å²) >= 11 is 6.53. The number of alkyl halides is 1. The molecule has 4 aromatic rings. The molecule has 0 radical (unpaired) electrons. The summed E-state index contributed by atoms with van der Waals surface area (Å²) in [6, 6.07) is 3.51. The van der Waals surface area contributed by atoms with Crippen LogP contribution in [0.3, 0.4) is 0 Å². The largest absolute Gasteiger partial charge is 0.379 e. The fourth-order valence-electron chi connectivity index (χ4n) is 4.24. The Kier molecular flexibility index (Phi) is 4.73. The van der Waals surface area contributed by atoms with Crippen molar-refractivity contribution in [2.75, 3.05) is 23.8 Å². The number of ether oxygens (including phenoxy) is 1. The number of amides is 1. The Labute approximate surface area is 191 Å². The highest BCUT2D eigenvalue weighted by atomic mass is 35.5. The average molecular weight is 473 g/mol. The number of benzene rings is 1. The zero-order valence-corrected chi connectivity index (χ0v) is 18.0. The van der Waals surface area contributed by atoms with Crippen molar-refractivity contribution in [3.05, 3.63) is 41.6 Å². The van der Waals surface area contributed by atoms with Crippen LogP contribution in [-0.4, -0.2) is 50.9 Å². The third-order valence-electron chi connectivity index (χ3n) is 6.11. The van der Waals surface area contributed by atoms with Crippen LogP contribution in [0, 0.1) is 11.7 Å². The number of carbonyl (C=O) groups excluding carboxylic acids is 1. The molecule has 1 amide bonds. The number of aromatic amines is 1. The third-order valence-corrected chi connectivity index (χ3v) is 6.46. The monoisotopic (exact) mass is 472 g/mol. The molecule has 8 nitrogen and oxygen atoms in total. The first kappa shape index (κ1) is 20.4. The van der Waals surface area contributed by atoms with Gasteiger partial charge in [-0.15, -0.1) is 0 Å². The van der Waals surface area contributed by atoms with E-state index in [1.807, 2.05) is 0 Å². The Morgan fingerprint density at radius 3 is 2.94 bits per heavy atom. The summed E-state index contributed by atoms with van der Waals surface area (Å²) in [4.78, 5) is 16.4. The lowest BCUT2D eigenvalue weighted by Gasteiger charge is -2.17. The molecule has 6 rings (SSSR count). The Bertz CT molecular complexity index is 1400. The predicted octanol–water partition coefficient (Wildman–Crippen LogP) is 4.17. The summed E-state index contributed by atoms with van der Waals surface area (Å²) in [6.45, 7) is 1.12. The van der Waals surface area contributed by atoms with Crippen molar-refractivity contribution in [3.63, 3.8) is 0 Å². The van der Waals surface area contributed by atoms with E-state index in [4.69, 9.17) is 16.3 Å². The molecule has 1 aromatic carbocycles. The molecule has 1 aliphatic carbocycles. The molecule has 4 heterocycles. The molecule has 1 saturated carbocycles. The third kappa shape index (κ3) is 3.50. The van der Waals surface area contributed by atoms with Gasteiger partial charge in [0.1, 0.15) is 11.8 Å². The van der Waals surface area contributed by atoms with Gasteiger partial charge in [-0.1, -0.05) is 11.6 Å². The smallest absolute Gasteiger partial charge is 0.231 e. The number of rotatable bonds is 5. The van der Waals surface area contributed by atoms with Crippen LogP contribution in [0.2, 0.25) is 5.02 Å². The molecule has 0 spiro atoms. The molecule has 0 bridgehead atoms. The molecule has 3 atom stereocenters. The van der Waals surface area contributed by atoms with Crippen LogP contribution in [-0.2, 0) is 9.53 Å². The van der Waals surface area contributed by atoms with Gasteiger partial charge in [0.05, 0.1) is 47.2 Å². The Balaban J connectivity index is 1.38. The number of pyridine rings is 1. The van der Waals surface area contributed by atoms with Crippen LogP contribution < -0.4 is 10.6 Å². The number of H-pyrrole nitrogens is 1. The summed E-state index contributed by atoms with van der Waals surface area (Å²) < 4.78 is 35.6. The van der Waals surface area contributed by atoms with E-state index in [0.717, 1.165) is 6.42 Å². The number of fused-ring (bicyclic) bond motifs is 2. The van der Waals surface area contributed by atoms with Gasteiger partial charge < -0.3 is 19.8 Å². The first-order valence-electron chi connectivity index (χ1n) is 10.6. The van der Waals surface area contributed by atoms with E-state index in [2.05, 4.69) is 25.8 Å². The van der Waals surface area contributed by atoms with Crippen LogP contribution in [0.25, 0.3) is 27.7 Å². The predicted molar refractivity (Wildman–Crippen MR) is 120 cm³/mol. The minimum atomic E-state index is -1.08. The van der Waals surface area contributed by atoms with Crippen molar-refractivity contribution in [2.45, 2.75) is 25.1 Å². The van der Waals surface area contributed by atoms with Crippen LogP contribution >= 0.6 is 11.6 Å². The van der Waals surface area contributed by atoms with Gasteiger partial charge in [0.15, 0.2) is 11.6 Å². The van der Waals surface area contributed by atoms with E-state index < -0.39 is 17.9 Å². The maximum absolute atomic E-state index is 15.4. The van der Waals surface area contributed by atoms with Crippen molar-refractivity contribution in [1.29, 1.82) is 0 Å². The standard InChI is InChI=1S/C22H19ClF2N6O2/c23-18-17(13-6-26-30-20(13)21(19(18)25)27-11-3-4-33-9-11)10-1-2-16-28-15(8-31(16)7-10)29-22(32)12-5-14(12)24/h1-2,6-8,11-12,14,27H,3-5,9H2,(H,26,30)(H,29,32)/t11?,12-,14+/m1/s1. The molecule has 2 fully saturated rings. The number of imidazole rings is 1. The zero-order valence-electron chi connectivity index (χ0n) is 17.2. The van der Waals surface area contributed by atoms with Crippen LogP contribution in [0.5, 0.6) is 0 Å². The lowest BCUT2D eigenvalue weighted by atomic mass is 10.0. The topological polar surface area (TPSA) is 96.3 Å². The van der Waals surface area contributed by atoms with Crippen LogP contribution in [0.15, 0.2) is 30.7 Å².